The summed E-state index contributed by atoms with van der Waals surface area (Å²) in [5, 5.41) is 54.3. The molecule has 0 bridgehead atoms. The highest BCUT2D eigenvalue weighted by Gasteiger charge is 2.22. The Hall–Kier alpha value is -4.44. The maximum absolute atomic E-state index is 12.0. The molecular formula is C19H13ClN8O10S2. The van der Waals surface area contributed by atoms with Crippen LogP contribution < -0.4 is 11.1 Å². The van der Waals surface area contributed by atoms with Crippen LogP contribution in [0.25, 0.3) is 10.8 Å². The summed E-state index contributed by atoms with van der Waals surface area (Å²) in [5.41, 5.74) is 4.22. The number of nitrogen functional groups attached to an aromatic ring is 1. The van der Waals surface area contributed by atoms with Crippen LogP contribution in [0.15, 0.2) is 56.4 Å². The number of halogens is 1. The van der Waals surface area contributed by atoms with Crippen molar-refractivity contribution in [3.8, 4) is 11.5 Å². The maximum atomic E-state index is 12.0. The monoisotopic (exact) mass is 612 g/mol. The van der Waals surface area contributed by atoms with Gasteiger partial charge in [0.25, 0.3) is 15.8 Å². The fourth-order valence-electron chi connectivity index (χ4n) is 3.27. The number of phenols is 2. The second-order valence-electron chi connectivity index (χ2n) is 7.38. The average Bonchev–Trinajstić information content (AvgIpc) is 2.86. The molecule has 0 atom stereocenters. The van der Waals surface area contributed by atoms with Crippen LogP contribution in [-0.2, 0) is 19.5 Å². The third-order valence-electron chi connectivity index (χ3n) is 4.87. The molecule has 18 nitrogen and oxygen atoms in total. The summed E-state index contributed by atoms with van der Waals surface area (Å²) in [6.07, 6.45) is 0. The molecule has 0 radical (unpaired) electrons. The van der Waals surface area contributed by atoms with Crippen LogP contribution >= 0.6 is 23.6 Å². The smallest absolute Gasteiger partial charge is 0.294 e. The number of nitrogens with two attached hydrogens (primary N) is 1. The van der Waals surface area contributed by atoms with Crippen LogP contribution in [-0.4, -0.2) is 48.3 Å². The fourth-order valence-corrected chi connectivity index (χ4v) is 4.48. The van der Waals surface area contributed by atoms with Gasteiger partial charge in [-0.25, -0.2) is 5.26 Å². The maximum Gasteiger partial charge on any atom is 0.294 e. The van der Waals surface area contributed by atoms with Gasteiger partial charge in [0.2, 0.25) is 17.2 Å². The topological polar surface area (TPSA) is 278 Å². The molecular weight excluding hydrogens is 600 g/mol. The number of hydrogen-bond donors (Lipinski definition) is 6. The van der Waals surface area contributed by atoms with Gasteiger partial charge in [-0.3, -0.25) is 14.7 Å². The second-order valence-corrected chi connectivity index (χ2v) is 9.89. The molecule has 0 unspecified atom stereocenters. The zero-order chi connectivity index (χ0) is 29.2. The van der Waals surface area contributed by atoms with Crippen LogP contribution in [0.2, 0.25) is 5.28 Å². The molecule has 0 amide bonds. The van der Waals surface area contributed by atoms with E-state index in [1.54, 1.807) is 0 Å². The Bertz CT molecular complexity index is 1770. The first-order valence-electron chi connectivity index (χ1n) is 10.2. The van der Waals surface area contributed by atoms with Crippen molar-refractivity contribution in [1.82, 2.24) is 15.0 Å². The standard InChI is InChI=1S/C19H13ClN8O10S2/c20-17-23-18(21)25-19(24-17)22-11-6-9(40(34,35)36)3-7-4-13(39-38-37-33)15(16(30)14(7)11)27-26-10-5-8(28(31)32)1-2-12(10)29/h1-6,29-30,33H,(H,34,35,36)(H3,21,22,23,24,25). The highest BCUT2D eigenvalue weighted by Crippen LogP contribution is 2.47. The first kappa shape index (κ1) is 28.6. The van der Waals surface area contributed by atoms with E-state index in [0.717, 1.165) is 30.3 Å². The molecule has 0 saturated carbocycles. The van der Waals surface area contributed by atoms with Crippen LogP contribution in [0, 0.1) is 10.1 Å². The van der Waals surface area contributed by atoms with Gasteiger partial charge in [0.1, 0.15) is 17.1 Å². The van der Waals surface area contributed by atoms with Crippen molar-refractivity contribution in [3.05, 3.63) is 51.8 Å². The number of nitrogens with one attached hydrogen (secondary N) is 1. The molecule has 0 aliphatic carbocycles. The molecule has 4 aromatic rings. The predicted molar refractivity (Wildman–Crippen MR) is 138 cm³/mol. The molecule has 21 heteroatoms. The lowest BCUT2D eigenvalue weighted by atomic mass is 10.1. The first-order valence-corrected chi connectivity index (χ1v) is 12.7. The summed E-state index contributed by atoms with van der Waals surface area (Å²) in [6, 6.07) is 6.07. The van der Waals surface area contributed by atoms with Crippen molar-refractivity contribution in [2.45, 2.75) is 9.79 Å². The van der Waals surface area contributed by atoms with E-state index >= 15 is 0 Å². The van der Waals surface area contributed by atoms with Crippen molar-refractivity contribution < 1.29 is 42.7 Å². The summed E-state index contributed by atoms with van der Waals surface area (Å²) in [6.45, 7) is 0. The molecule has 7 N–H and O–H groups in total. The SMILES string of the molecule is Nc1nc(Cl)nc(Nc2cc(S(=O)(=O)O)cc3cc(SOOO)c(N=Nc4cc([N+](=O)[O-])ccc4O)c(O)c23)n1. The number of nitrogens with zero attached hydrogens (tertiary/aromatic N) is 6. The van der Waals surface area contributed by atoms with Gasteiger partial charge in [0.15, 0.2) is 5.75 Å². The molecule has 0 saturated heterocycles. The van der Waals surface area contributed by atoms with Crippen molar-refractivity contribution in [2.75, 3.05) is 11.1 Å². The van der Waals surface area contributed by atoms with Gasteiger partial charge in [0.05, 0.1) is 32.4 Å². The number of azo groups is 1. The normalized spacial score (nSPS) is 11.8. The molecule has 0 fully saturated rings. The van der Waals surface area contributed by atoms with E-state index in [4.69, 9.17) is 22.6 Å². The lowest BCUT2D eigenvalue weighted by Crippen LogP contribution is -2.05. The summed E-state index contributed by atoms with van der Waals surface area (Å²) in [5.74, 6) is -1.74. The fraction of sp³-hybridized carbons (Fsp3) is 0. The zero-order valence-electron chi connectivity index (χ0n) is 19.2. The predicted octanol–water partition coefficient (Wildman–Crippen LogP) is 4.41. The van der Waals surface area contributed by atoms with Gasteiger partial charge >= 0.3 is 0 Å². The summed E-state index contributed by atoms with van der Waals surface area (Å²) < 4.78 is 38.0. The number of non-ortho nitro benzene ring substituents is 1. The van der Waals surface area contributed by atoms with Gasteiger partial charge < -0.3 is 21.3 Å². The Balaban J connectivity index is 1.97. The number of nitro benzene ring substituents is 1. The molecule has 3 aromatic carbocycles. The summed E-state index contributed by atoms with van der Waals surface area (Å²) >= 11 is 6.10. The molecule has 208 valence electrons. The minimum Gasteiger partial charge on any atom is -0.506 e. The van der Waals surface area contributed by atoms with E-state index in [-0.39, 0.29) is 44.2 Å². The number of aromatic nitrogens is 3. The lowest BCUT2D eigenvalue weighted by Gasteiger charge is -2.15. The highest BCUT2D eigenvalue weighted by molar-refractivity contribution is 7.94. The number of fused-ring (bicyclic) bond motifs is 1. The van der Waals surface area contributed by atoms with Crippen molar-refractivity contribution in [1.29, 1.82) is 0 Å². The van der Waals surface area contributed by atoms with Gasteiger partial charge in [-0.1, -0.05) is 5.04 Å². The molecule has 0 aliphatic heterocycles. The van der Waals surface area contributed by atoms with Gasteiger partial charge in [0, 0.05) is 17.5 Å². The lowest BCUT2D eigenvalue weighted by molar-refractivity contribution is -0.432. The van der Waals surface area contributed by atoms with Crippen LogP contribution in [0.1, 0.15) is 0 Å². The number of hydrogen-bond acceptors (Lipinski definition) is 17. The Kier molecular flexibility index (Phi) is 8.11. The Morgan fingerprint density at radius 1 is 1.12 bits per heavy atom. The van der Waals surface area contributed by atoms with E-state index in [1.807, 2.05) is 0 Å². The van der Waals surface area contributed by atoms with Crippen molar-refractivity contribution in [3.63, 3.8) is 0 Å². The third-order valence-corrected chi connectivity index (χ3v) is 6.50. The molecule has 0 spiro atoms. The van der Waals surface area contributed by atoms with E-state index in [0.29, 0.717) is 12.0 Å². The minimum absolute atomic E-state index is 0.0376. The van der Waals surface area contributed by atoms with E-state index in [9.17, 15) is 33.3 Å². The van der Waals surface area contributed by atoms with E-state index in [1.165, 1.54) is 6.07 Å². The highest BCUT2D eigenvalue weighted by atomic mass is 35.5. The molecule has 1 heterocycles. The molecule has 1 aromatic heterocycles. The van der Waals surface area contributed by atoms with Crippen LogP contribution in [0.4, 0.5) is 34.6 Å². The first-order chi connectivity index (χ1) is 18.9. The third kappa shape index (κ3) is 6.23. The number of benzene rings is 3. The summed E-state index contributed by atoms with van der Waals surface area (Å²) in [4.78, 5) is 20.8. The number of anilines is 3. The molecule has 4 rings (SSSR count). The number of rotatable bonds is 9. The number of aromatic hydroxyl groups is 2. The number of nitro groups is 1. The number of phenolic OH excluding ortho intramolecular Hbond substituents is 2. The average molecular weight is 613 g/mol. The zero-order valence-corrected chi connectivity index (χ0v) is 21.5. The van der Waals surface area contributed by atoms with Crippen LogP contribution in [0.3, 0.4) is 0 Å². The van der Waals surface area contributed by atoms with Gasteiger partial charge in [-0.05, 0) is 41.3 Å². The van der Waals surface area contributed by atoms with Crippen molar-refractivity contribution >= 4 is 79.2 Å². The Labute approximate surface area is 231 Å². The largest absolute Gasteiger partial charge is 0.506 e. The quantitative estimate of drug-likeness (QED) is 0.0381. The second kappa shape index (κ2) is 11.4. The molecule has 40 heavy (non-hydrogen) atoms. The van der Waals surface area contributed by atoms with Gasteiger partial charge in [-0.2, -0.15) is 23.4 Å². The Morgan fingerprint density at radius 3 is 2.52 bits per heavy atom. The van der Waals surface area contributed by atoms with Crippen molar-refractivity contribution in [2.24, 2.45) is 10.2 Å². The van der Waals surface area contributed by atoms with Gasteiger partial charge in [-0.15, -0.1) is 14.6 Å². The summed E-state index contributed by atoms with van der Waals surface area (Å²) in [7, 11) is -4.79. The Morgan fingerprint density at radius 2 is 1.88 bits per heavy atom. The van der Waals surface area contributed by atoms with E-state index < -0.39 is 42.8 Å². The molecule has 0 aliphatic rings. The van der Waals surface area contributed by atoms with E-state index in [2.05, 4.69) is 39.9 Å². The minimum atomic E-state index is -4.79. The van der Waals surface area contributed by atoms with Crippen LogP contribution in [0.5, 0.6) is 11.5 Å².